The number of aryl methyl sites for hydroxylation is 1. The highest BCUT2D eigenvalue weighted by Gasteiger charge is 2.06. The highest BCUT2D eigenvalue weighted by atomic mass is 35.7. The van der Waals surface area contributed by atoms with Crippen LogP contribution in [0.1, 0.15) is 18.5 Å². The van der Waals surface area contributed by atoms with E-state index in [1.807, 2.05) is 37.3 Å². The predicted octanol–water partition coefficient (Wildman–Crippen LogP) is 3.27. The standard InChI is InChI=1S/C14H16ClNO3S/c1-11-7-8-12-5-4-6-13(14(12)16-11)19-9-2-3-10-20(15,17)18/h4-8H,2-3,9-10H2,1H3. The van der Waals surface area contributed by atoms with E-state index in [0.717, 1.165) is 22.3 Å². The highest BCUT2D eigenvalue weighted by Crippen LogP contribution is 2.24. The van der Waals surface area contributed by atoms with E-state index in [1.165, 1.54) is 0 Å². The lowest BCUT2D eigenvalue weighted by atomic mass is 10.2. The molecule has 20 heavy (non-hydrogen) atoms. The van der Waals surface area contributed by atoms with Crippen molar-refractivity contribution in [2.24, 2.45) is 0 Å². The van der Waals surface area contributed by atoms with E-state index < -0.39 is 9.05 Å². The van der Waals surface area contributed by atoms with Crippen LogP contribution in [-0.2, 0) is 9.05 Å². The number of rotatable bonds is 6. The monoisotopic (exact) mass is 313 g/mol. The molecule has 0 radical (unpaired) electrons. The number of nitrogens with zero attached hydrogens (tertiary/aromatic N) is 1. The van der Waals surface area contributed by atoms with Crippen LogP contribution in [0.25, 0.3) is 10.9 Å². The van der Waals surface area contributed by atoms with Gasteiger partial charge in [0.25, 0.3) is 0 Å². The second-order valence-corrected chi connectivity index (χ2v) is 7.48. The molecule has 0 aliphatic heterocycles. The first-order chi connectivity index (χ1) is 9.46. The molecule has 2 aromatic rings. The molecule has 0 N–H and O–H groups in total. The molecule has 1 aromatic heterocycles. The molecule has 0 atom stereocenters. The summed E-state index contributed by atoms with van der Waals surface area (Å²) >= 11 is 0. The summed E-state index contributed by atoms with van der Waals surface area (Å²) in [6, 6.07) is 9.72. The molecule has 0 aliphatic rings. The fraction of sp³-hybridized carbons (Fsp3) is 0.357. The predicted molar refractivity (Wildman–Crippen MR) is 80.8 cm³/mol. The van der Waals surface area contributed by atoms with E-state index in [0.29, 0.717) is 19.4 Å². The summed E-state index contributed by atoms with van der Waals surface area (Å²) in [7, 11) is 1.74. The van der Waals surface area contributed by atoms with Gasteiger partial charge in [-0.2, -0.15) is 0 Å². The number of aromatic nitrogens is 1. The van der Waals surface area contributed by atoms with Crippen molar-refractivity contribution >= 4 is 30.6 Å². The van der Waals surface area contributed by atoms with Gasteiger partial charge < -0.3 is 4.74 Å². The highest BCUT2D eigenvalue weighted by molar-refractivity contribution is 8.13. The zero-order valence-electron chi connectivity index (χ0n) is 11.2. The lowest BCUT2D eigenvalue weighted by Gasteiger charge is -2.08. The molecule has 108 valence electrons. The molecular formula is C14H16ClNO3S. The van der Waals surface area contributed by atoms with Crippen molar-refractivity contribution in [1.82, 2.24) is 4.98 Å². The van der Waals surface area contributed by atoms with Crippen molar-refractivity contribution in [2.75, 3.05) is 12.4 Å². The first-order valence-corrected chi connectivity index (χ1v) is 8.85. The Bertz CT molecular complexity index is 701. The van der Waals surface area contributed by atoms with Gasteiger partial charge in [-0.1, -0.05) is 18.2 Å². The lowest BCUT2D eigenvalue weighted by molar-refractivity contribution is 0.312. The smallest absolute Gasteiger partial charge is 0.232 e. The van der Waals surface area contributed by atoms with E-state index in [1.54, 1.807) is 0 Å². The minimum Gasteiger partial charge on any atom is -0.491 e. The van der Waals surface area contributed by atoms with Gasteiger partial charge in [-0.05, 0) is 31.9 Å². The third-order valence-electron chi connectivity index (χ3n) is 2.86. The molecular weight excluding hydrogens is 298 g/mol. The van der Waals surface area contributed by atoms with Gasteiger partial charge in [-0.3, -0.25) is 0 Å². The molecule has 0 fully saturated rings. The third kappa shape index (κ3) is 4.35. The first-order valence-electron chi connectivity index (χ1n) is 6.37. The molecule has 4 nitrogen and oxygen atoms in total. The molecule has 0 saturated heterocycles. The molecule has 0 aliphatic carbocycles. The Kier molecular flexibility index (Phi) is 4.83. The fourth-order valence-electron chi connectivity index (χ4n) is 1.89. The average Bonchev–Trinajstić information content (AvgIpc) is 2.37. The Hall–Kier alpha value is -1.33. The van der Waals surface area contributed by atoms with Crippen molar-refractivity contribution in [1.29, 1.82) is 0 Å². The van der Waals surface area contributed by atoms with Crippen LogP contribution in [0.5, 0.6) is 5.75 Å². The van der Waals surface area contributed by atoms with Gasteiger partial charge in [-0.25, -0.2) is 13.4 Å². The normalized spacial score (nSPS) is 11.7. The summed E-state index contributed by atoms with van der Waals surface area (Å²) < 4.78 is 27.3. The van der Waals surface area contributed by atoms with Gasteiger partial charge in [0.1, 0.15) is 11.3 Å². The molecule has 0 saturated carbocycles. The molecule has 1 aromatic carbocycles. The summed E-state index contributed by atoms with van der Waals surface area (Å²) in [5.74, 6) is 0.699. The summed E-state index contributed by atoms with van der Waals surface area (Å²) in [5.41, 5.74) is 1.76. The molecule has 6 heteroatoms. The minimum absolute atomic E-state index is 0.0230. The number of hydrogen-bond donors (Lipinski definition) is 0. The van der Waals surface area contributed by atoms with E-state index in [4.69, 9.17) is 15.4 Å². The maximum absolute atomic E-state index is 10.8. The van der Waals surface area contributed by atoms with Crippen LogP contribution in [-0.4, -0.2) is 25.8 Å². The average molecular weight is 314 g/mol. The number of pyridine rings is 1. The molecule has 1 heterocycles. The van der Waals surface area contributed by atoms with Crippen molar-refractivity contribution in [3.05, 3.63) is 36.0 Å². The largest absolute Gasteiger partial charge is 0.491 e. The van der Waals surface area contributed by atoms with Gasteiger partial charge in [0.2, 0.25) is 9.05 Å². The van der Waals surface area contributed by atoms with Crippen LogP contribution < -0.4 is 4.74 Å². The van der Waals surface area contributed by atoms with E-state index in [2.05, 4.69) is 4.98 Å². The maximum Gasteiger partial charge on any atom is 0.232 e. The first kappa shape index (κ1) is 15.1. The number of unbranched alkanes of at least 4 members (excludes halogenated alkanes) is 1. The minimum atomic E-state index is -3.41. The van der Waals surface area contributed by atoms with E-state index >= 15 is 0 Å². The van der Waals surface area contributed by atoms with Gasteiger partial charge in [0, 0.05) is 21.8 Å². The van der Waals surface area contributed by atoms with Crippen LogP contribution in [0.4, 0.5) is 0 Å². The van der Waals surface area contributed by atoms with Gasteiger partial charge >= 0.3 is 0 Å². The molecule has 2 rings (SSSR count). The van der Waals surface area contributed by atoms with Gasteiger partial charge in [-0.15, -0.1) is 0 Å². The number of hydrogen-bond acceptors (Lipinski definition) is 4. The molecule has 0 spiro atoms. The second kappa shape index (κ2) is 6.41. The van der Waals surface area contributed by atoms with Crippen LogP contribution in [0.15, 0.2) is 30.3 Å². The molecule has 0 bridgehead atoms. The number of halogens is 1. The van der Waals surface area contributed by atoms with Crippen LogP contribution in [0.3, 0.4) is 0 Å². The Morgan fingerprint density at radius 2 is 2.00 bits per heavy atom. The maximum atomic E-state index is 10.8. The number of para-hydroxylation sites is 1. The van der Waals surface area contributed by atoms with Crippen molar-refractivity contribution in [3.8, 4) is 5.75 Å². The number of benzene rings is 1. The van der Waals surface area contributed by atoms with Crippen molar-refractivity contribution < 1.29 is 13.2 Å². The number of fused-ring (bicyclic) bond motifs is 1. The Balaban J connectivity index is 1.98. The van der Waals surface area contributed by atoms with Crippen molar-refractivity contribution in [2.45, 2.75) is 19.8 Å². The fourth-order valence-corrected chi connectivity index (χ4v) is 2.77. The topological polar surface area (TPSA) is 56.3 Å². The Morgan fingerprint density at radius 3 is 2.75 bits per heavy atom. The molecule has 0 unspecified atom stereocenters. The van der Waals surface area contributed by atoms with E-state index in [9.17, 15) is 8.42 Å². The summed E-state index contributed by atoms with van der Waals surface area (Å²) in [6.45, 7) is 2.38. The number of ether oxygens (including phenoxy) is 1. The van der Waals surface area contributed by atoms with Crippen molar-refractivity contribution in [3.63, 3.8) is 0 Å². The summed E-state index contributed by atoms with van der Waals surface area (Å²) in [6.07, 6.45) is 1.12. The third-order valence-corrected chi connectivity index (χ3v) is 4.10. The lowest BCUT2D eigenvalue weighted by Crippen LogP contribution is -2.03. The zero-order chi connectivity index (χ0) is 14.6. The Morgan fingerprint density at radius 1 is 1.20 bits per heavy atom. The quantitative estimate of drug-likeness (QED) is 0.606. The van der Waals surface area contributed by atoms with Crippen LogP contribution in [0, 0.1) is 6.92 Å². The van der Waals surface area contributed by atoms with Gasteiger partial charge in [0.05, 0.1) is 12.4 Å². The summed E-state index contributed by atoms with van der Waals surface area (Å²) in [5, 5.41) is 1.02. The zero-order valence-corrected chi connectivity index (χ0v) is 12.7. The van der Waals surface area contributed by atoms with Gasteiger partial charge in [0.15, 0.2) is 0 Å². The van der Waals surface area contributed by atoms with Crippen LogP contribution in [0.2, 0.25) is 0 Å². The second-order valence-electron chi connectivity index (χ2n) is 4.58. The molecule has 0 amide bonds. The SMILES string of the molecule is Cc1ccc2cccc(OCCCCS(=O)(=O)Cl)c2n1. The van der Waals surface area contributed by atoms with Crippen LogP contribution >= 0.6 is 10.7 Å². The van der Waals surface area contributed by atoms with E-state index in [-0.39, 0.29) is 5.75 Å². The Labute approximate surface area is 123 Å². The summed E-state index contributed by atoms with van der Waals surface area (Å²) in [4.78, 5) is 4.47.